The molecule has 1 aliphatic carbocycles. The largest absolute Gasteiger partial charge is 0.298 e. The molecule has 2 nitrogen and oxygen atoms in total. The minimum absolute atomic E-state index is 0.222. The number of nitrogens with zero attached hydrogens (tertiary/aromatic N) is 1. The third kappa shape index (κ3) is 3.71. The van der Waals surface area contributed by atoms with Crippen molar-refractivity contribution in [1.29, 1.82) is 5.26 Å². The fourth-order valence-corrected chi connectivity index (χ4v) is 3.32. The van der Waals surface area contributed by atoms with Gasteiger partial charge in [0.1, 0.15) is 11.4 Å². The molecule has 1 aromatic rings. The molecule has 0 spiro atoms. The van der Waals surface area contributed by atoms with E-state index >= 15 is 0 Å². The van der Waals surface area contributed by atoms with Gasteiger partial charge in [-0.3, -0.25) is 5.32 Å². The van der Waals surface area contributed by atoms with E-state index in [-0.39, 0.29) is 5.82 Å². The van der Waals surface area contributed by atoms with Gasteiger partial charge in [0.25, 0.3) is 0 Å². The summed E-state index contributed by atoms with van der Waals surface area (Å²) in [5, 5.41) is 12.9. The molecule has 0 aromatic heterocycles. The van der Waals surface area contributed by atoms with Crippen LogP contribution in [0.3, 0.4) is 0 Å². The van der Waals surface area contributed by atoms with Crippen LogP contribution in [0.2, 0.25) is 0 Å². The highest BCUT2D eigenvalue weighted by Crippen LogP contribution is 2.42. The summed E-state index contributed by atoms with van der Waals surface area (Å²) in [5.74, 6) is 0.906. The van der Waals surface area contributed by atoms with Crippen LogP contribution in [0, 0.1) is 23.1 Å². The van der Waals surface area contributed by atoms with Crippen LogP contribution in [0.1, 0.15) is 26.2 Å². The van der Waals surface area contributed by atoms with Crippen molar-refractivity contribution < 1.29 is 4.39 Å². The third-order valence-electron chi connectivity index (χ3n) is 3.43. The summed E-state index contributed by atoms with van der Waals surface area (Å²) in [7, 11) is 0. The summed E-state index contributed by atoms with van der Waals surface area (Å²) in [5.41, 5.74) is -0.451. The molecule has 1 fully saturated rings. The maximum atomic E-state index is 13.1. The Morgan fingerprint density at radius 1 is 1.53 bits per heavy atom. The van der Waals surface area contributed by atoms with Crippen LogP contribution in [-0.4, -0.2) is 17.8 Å². The first kappa shape index (κ1) is 14.4. The number of nitrogens with one attached hydrogen (secondary N) is 1. The molecule has 0 heterocycles. The van der Waals surface area contributed by atoms with E-state index in [1.165, 1.54) is 12.1 Å². The van der Waals surface area contributed by atoms with Crippen molar-refractivity contribution in [2.24, 2.45) is 5.92 Å². The summed E-state index contributed by atoms with van der Waals surface area (Å²) >= 11 is 1.56. The first-order chi connectivity index (χ1) is 9.20. The zero-order valence-corrected chi connectivity index (χ0v) is 12.0. The van der Waals surface area contributed by atoms with Crippen molar-refractivity contribution in [3.63, 3.8) is 0 Å². The topological polar surface area (TPSA) is 35.8 Å². The highest BCUT2D eigenvalue weighted by atomic mass is 32.2. The first-order valence-corrected chi connectivity index (χ1v) is 7.73. The lowest BCUT2D eigenvalue weighted by molar-refractivity contribution is 0.405. The second-order valence-corrected chi connectivity index (χ2v) is 6.08. The van der Waals surface area contributed by atoms with Gasteiger partial charge in [-0.25, -0.2) is 4.39 Å². The molecule has 1 unspecified atom stereocenters. The van der Waals surface area contributed by atoms with E-state index in [0.717, 1.165) is 30.7 Å². The van der Waals surface area contributed by atoms with Gasteiger partial charge in [0.2, 0.25) is 0 Å². The fourth-order valence-electron chi connectivity index (χ4n) is 2.15. The lowest BCUT2D eigenvalue weighted by atomic mass is 9.97. The van der Waals surface area contributed by atoms with Crippen molar-refractivity contribution in [1.82, 2.24) is 5.32 Å². The summed E-state index contributed by atoms with van der Waals surface area (Å²) < 4.78 is 13.1. The van der Waals surface area contributed by atoms with Gasteiger partial charge in [-0.2, -0.15) is 5.26 Å². The number of rotatable bonds is 7. The Morgan fingerprint density at radius 2 is 2.32 bits per heavy atom. The molecule has 0 aliphatic heterocycles. The number of halogens is 1. The predicted octanol–water partition coefficient (Wildman–Crippen LogP) is 3.59. The highest BCUT2D eigenvalue weighted by molar-refractivity contribution is 7.99. The van der Waals surface area contributed by atoms with Crippen LogP contribution in [-0.2, 0) is 0 Å². The minimum Gasteiger partial charge on any atom is -0.298 e. The summed E-state index contributed by atoms with van der Waals surface area (Å²) in [6.07, 6.45) is 3.25. The molecule has 1 aromatic carbocycles. The quantitative estimate of drug-likeness (QED) is 0.774. The summed E-state index contributed by atoms with van der Waals surface area (Å²) in [6.45, 7) is 2.95. The molecule has 1 saturated carbocycles. The second kappa shape index (κ2) is 6.40. The van der Waals surface area contributed by atoms with E-state index in [1.807, 2.05) is 6.07 Å². The van der Waals surface area contributed by atoms with E-state index in [0.29, 0.717) is 11.7 Å². The van der Waals surface area contributed by atoms with Gasteiger partial charge in [0.05, 0.1) is 6.07 Å². The SMILES string of the molecule is CCCNC(C#N)(CSc1cccc(F)c1)C1CC1. The van der Waals surface area contributed by atoms with E-state index < -0.39 is 5.54 Å². The van der Waals surface area contributed by atoms with Crippen molar-refractivity contribution in [3.8, 4) is 6.07 Å². The summed E-state index contributed by atoms with van der Waals surface area (Å²) in [6, 6.07) is 9.04. The van der Waals surface area contributed by atoms with E-state index in [2.05, 4.69) is 18.3 Å². The van der Waals surface area contributed by atoms with Gasteiger partial charge in [-0.15, -0.1) is 11.8 Å². The highest BCUT2D eigenvalue weighted by Gasteiger charge is 2.45. The number of hydrogen-bond donors (Lipinski definition) is 1. The first-order valence-electron chi connectivity index (χ1n) is 6.75. The average molecular weight is 278 g/mol. The molecule has 0 amide bonds. The average Bonchev–Trinajstić information content (AvgIpc) is 3.25. The van der Waals surface area contributed by atoms with Gasteiger partial charge in [0, 0.05) is 10.6 Å². The Kier molecular flexibility index (Phi) is 4.84. The molecular formula is C15H19FN2S. The van der Waals surface area contributed by atoms with E-state index in [4.69, 9.17) is 0 Å². The van der Waals surface area contributed by atoms with Crippen LogP contribution in [0.25, 0.3) is 0 Å². The number of thioether (sulfide) groups is 1. The van der Waals surface area contributed by atoms with Crippen molar-refractivity contribution in [2.75, 3.05) is 12.3 Å². The molecule has 0 saturated heterocycles. The van der Waals surface area contributed by atoms with Crippen LogP contribution < -0.4 is 5.32 Å². The predicted molar refractivity (Wildman–Crippen MR) is 76.5 cm³/mol. The van der Waals surface area contributed by atoms with Crippen LogP contribution in [0.5, 0.6) is 0 Å². The number of hydrogen-bond acceptors (Lipinski definition) is 3. The number of benzene rings is 1. The summed E-state index contributed by atoms with van der Waals surface area (Å²) in [4.78, 5) is 0.888. The molecular weight excluding hydrogens is 259 g/mol. The molecule has 2 rings (SSSR count). The molecule has 1 aliphatic rings. The third-order valence-corrected chi connectivity index (χ3v) is 4.61. The van der Waals surface area contributed by atoms with Crippen LogP contribution in [0.4, 0.5) is 4.39 Å². The maximum Gasteiger partial charge on any atom is 0.124 e. The molecule has 19 heavy (non-hydrogen) atoms. The molecule has 1 atom stereocenters. The Labute approximate surface area is 118 Å². The molecule has 1 N–H and O–H groups in total. The zero-order valence-electron chi connectivity index (χ0n) is 11.2. The van der Waals surface area contributed by atoms with Crippen molar-refractivity contribution in [2.45, 2.75) is 36.6 Å². The van der Waals surface area contributed by atoms with Crippen molar-refractivity contribution >= 4 is 11.8 Å². The monoisotopic (exact) mass is 278 g/mol. The van der Waals surface area contributed by atoms with Crippen LogP contribution >= 0.6 is 11.8 Å². The Hall–Kier alpha value is -1.05. The molecule has 4 heteroatoms. The van der Waals surface area contributed by atoms with Gasteiger partial charge in [-0.1, -0.05) is 13.0 Å². The smallest absolute Gasteiger partial charge is 0.124 e. The normalized spacial score (nSPS) is 17.7. The second-order valence-electron chi connectivity index (χ2n) is 5.03. The van der Waals surface area contributed by atoms with Gasteiger partial charge in [0.15, 0.2) is 0 Å². The van der Waals surface area contributed by atoms with Crippen LogP contribution in [0.15, 0.2) is 29.2 Å². The Balaban J connectivity index is 2.02. The van der Waals surface area contributed by atoms with Gasteiger partial charge in [-0.05, 0) is 49.9 Å². The van der Waals surface area contributed by atoms with Crippen molar-refractivity contribution in [3.05, 3.63) is 30.1 Å². The van der Waals surface area contributed by atoms with Gasteiger partial charge < -0.3 is 0 Å². The minimum atomic E-state index is -0.451. The van der Waals surface area contributed by atoms with Gasteiger partial charge >= 0.3 is 0 Å². The van der Waals surface area contributed by atoms with E-state index in [1.54, 1.807) is 17.8 Å². The molecule has 0 bridgehead atoms. The Bertz CT molecular complexity index is 467. The lowest BCUT2D eigenvalue weighted by Crippen LogP contribution is -2.48. The lowest BCUT2D eigenvalue weighted by Gasteiger charge is -2.27. The Morgan fingerprint density at radius 3 is 2.89 bits per heavy atom. The maximum absolute atomic E-state index is 13.1. The zero-order chi connectivity index (χ0) is 13.7. The number of nitriles is 1. The molecule has 102 valence electrons. The standard InChI is InChI=1S/C15H19FN2S/c1-2-8-18-15(10-17,12-6-7-12)11-19-14-5-3-4-13(16)9-14/h3-5,9,12,18H,2,6-8,11H2,1H3. The molecule has 0 radical (unpaired) electrons. The van der Waals surface area contributed by atoms with E-state index in [9.17, 15) is 9.65 Å². The fraction of sp³-hybridized carbons (Fsp3) is 0.533.